The zero-order chi connectivity index (χ0) is 16.5. The molecule has 1 aromatic carbocycles. The Morgan fingerprint density at radius 3 is 2.04 bits per heavy atom. The summed E-state index contributed by atoms with van der Waals surface area (Å²) in [7, 11) is -4.36. The summed E-state index contributed by atoms with van der Waals surface area (Å²) in [5.74, 6) is 3.68. The van der Waals surface area contributed by atoms with E-state index in [9.17, 15) is 14.4 Å². The molecule has 0 radical (unpaired) electrons. The van der Waals surface area contributed by atoms with Crippen molar-refractivity contribution in [2.75, 3.05) is 0 Å². The molecule has 0 spiro atoms. The minimum atomic E-state index is -4.36. The average Bonchev–Trinajstić information content (AvgIpc) is 2.43. The predicted octanol–water partition coefficient (Wildman–Crippen LogP) is 3.81. The third-order valence-electron chi connectivity index (χ3n) is 6.40. The van der Waals surface area contributed by atoms with E-state index in [0.29, 0.717) is 11.3 Å². The van der Waals surface area contributed by atoms with Crippen LogP contribution < -0.4 is 5.30 Å². The summed E-state index contributed by atoms with van der Waals surface area (Å²) in [5.41, 5.74) is 0.493. The molecule has 2 aromatic rings. The summed E-state index contributed by atoms with van der Waals surface area (Å²) in [6.45, 7) is 0. The molecule has 0 saturated heterocycles. The van der Waals surface area contributed by atoms with Gasteiger partial charge in [0.15, 0.2) is 0 Å². The first-order valence-corrected chi connectivity index (χ1v) is 10.3. The lowest BCUT2D eigenvalue weighted by Gasteiger charge is -2.56. The highest BCUT2D eigenvalue weighted by molar-refractivity contribution is 7.60. The molecular formula is C18H21O5P. The van der Waals surface area contributed by atoms with Crippen molar-refractivity contribution in [3.05, 3.63) is 30.0 Å². The highest BCUT2D eigenvalue weighted by Crippen LogP contribution is 2.62. The Morgan fingerprint density at radius 2 is 1.54 bits per heavy atom. The highest BCUT2D eigenvalue weighted by Gasteiger charge is 2.55. The van der Waals surface area contributed by atoms with Gasteiger partial charge >= 0.3 is 7.60 Å². The molecule has 24 heavy (non-hydrogen) atoms. The lowest BCUT2D eigenvalue weighted by molar-refractivity contribution is -0.0769. The molecule has 5 nitrogen and oxygen atoms in total. The van der Waals surface area contributed by atoms with Crippen molar-refractivity contribution in [2.45, 2.75) is 43.9 Å². The molecule has 0 atom stereocenters. The molecule has 0 unspecified atom stereocenters. The third-order valence-corrected chi connectivity index (χ3v) is 7.41. The molecule has 1 aromatic heterocycles. The van der Waals surface area contributed by atoms with Crippen LogP contribution in [0, 0.1) is 17.8 Å². The quantitative estimate of drug-likeness (QED) is 0.651. The summed E-state index contributed by atoms with van der Waals surface area (Å²) in [6.07, 6.45) is 7.38. The first-order chi connectivity index (χ1) is 11.4. The lowest BCUT2D eigenvalue weighted by Crippen LogP contribution is -2.49. The van der Waals surface area contributed by atoms with E-state index >= 15 is 0 Å². The van der Waals surface area contributed by atoms with Crippen molar-refractivity contribution in [3.8, 4) is 11.3 Å². The van der Waals surface area contributed by atoms with Gasteiger partial charge in [-0.05, 0) is 68.4 Å². The first-order valence-electron chi connectivity index (χ1n) is 8.69. The Morgan fingerprint density at radius 1 is 0.958 bits per heavy atom. The van der Waals surface area contributed by atoms with Crippen molar-refractivity contribution in [3.63, 3.8) is 0 Å². The standard InChI is InChI=1S/C18H21O5P/c19-24(20,21)15-4-2-1-3-14(15)16-17(23-22-16)18-8-11-5-12(9-18)7-13(6-11)10-18/h1-4,11-13H,5-10H2,(H2,19,20,21). The molecule has 2 N–H and O–H groups in total. The second kappa shape index (κ2) is 4.87. The van der Waals surface area contributed by atoms with Gasteiger partial charge in [0.25, 0.3) is 0 Å². The summed E-state index contributed by atoms with van der Waals surface area (Å²) in [4.78, 5) is 19.3. The number of hydrogen-bond acceptors (Lipinski definition) is 3. The molecule has 128 valence electrons. The second-order valence-electron chi connectivity index (χ2n) is 8.08. The Labute approximate surface area is 140 Å². The SMILES string of the molecule is O=P(O)(O)c1ccccc1-c1ooc1C12CC3CC(CC(C3)C1)C2. The van der Waals surface area contributed by atoms with Crippen molar-refractivity contribution >= 4 is 12.9 Å². The van der Waals surface area contributed by atoms with Crippen LogP contribution in [0.25, 0.3) is 11.3 Å². The molecule has 6 rings (SSSR count). The maximum Gasteiger partial charge on any atom is 0.356 e. The molecule has 4 bridgehead atoms. The molecule has 6 heteroatoms. The van der Waals surface area contributed by atoms with Crippen LogP contribution in [0.4, 0.5) is 0 Å². The van der Waals surface area contributed by atoms with Gasteiger partial charge in [0.05, 0.1) is 5.30 Å². The van der Waals surface area contributed by atoms with E-state index in [1.807, 2.05) is 0 Å². The van der Waals surface area contributed by atoms with Crippen LogP contribution in [-0.2, 0) is 9.98 Å². The first kappa shape index (κ1) is 15.0. The molecular weight excluding hydrogens is 327 g/mol. The van der Waals surface area contributed by atoms with E-state index in [-0.39, 0.29) is 10.7 Å². The molecule has 1 heterocycles. The van der Waals surface area contributed by atoms with E-state index < -0.39 is 7.60 Å². The monoisotopic (exact) mass is 348 g/mol. The maximum absolute atomic E-state index is 11.8. The molecule has 0 aliphatic heterocycles. The van der Waals surface area contributed by atoms with Crippen LogP contribution in [0.2, 0.25) is 0 Å². The molecule has 4 saturated carbocycles. The zero-order valence-corrected chi connectivity index (χ0v) is 14.2. The van der Waals surface area contributed by atoms with E-state index in [1.165, 1.54) is 25.3 Å². The van der Waals surface area contributed by atoms with E-state index in [1.54, 1.807) is 18.2 Å². The molecule has 4 fully saturated rings. The molecule has 0 amide bonds. The maximum atomic E-state index is 11.8. The van der Waals surface area contributed by atoms with Gasteiger partial charge in [0, 0.05) is 11.0 Å². The third kappa shape index (κ3) is 2.11. The molecule has 4 aliphatic carbocycles. The van der Waals surface area contributed by atoms with Gasteiger partial charge in [-0.2, -0.15) is 0 Å². The summed E-state index contributed by atoms with van der Waals surface area (Å²) >= 11 is 0. The fourth-order valence-corrected chi connectivity index (χ4v) is 6.70. The van der Waals surface area contributed by atoms with Gasteiger partial charge in [-0.25, -0.2) is 0 Å². The van der Waals surface area contributed by atoms with Crippen molar-refractivity contribution in [1.29, 1.82) is 0 Å². The van der Waals surface area contributed by atoms with Crippen LogP contribution in [0.5, 0.6) is 0 Å². The highest BCUT2D eigenvalue weighted by atomic mass is 31.2. The largest absolute Gasteiger partial charge is 0.356 e. The molecule has 4 aliphatic rings. The smallest absolute Gasteiger partial charge is 0.321 e. The van der Waals surface area contributed by atoms with Crippen LogP contribution >= 0.6 is 7.60 Å². The van der Waals surface area contributed by atoms with E-state index in [0.717, 1.165) is 42.8 Å². The fraction of sp³-hybridized carbons (Fsp3) is 0.556. The Bertz CT molecular complexity index is 791. The minimum Gasteiger partial charge on any atom is -0.321 e. The normalized spacial score (nSPS) is 34.8. The van der Waals surface area contributed by atoms with Crippen LogP contribution in [-0.4, -0.2) is 9.79 Å². The van der Waals surface area contributed by atoms with E-state index in [4.69, 9.17) is 9.15 Å². The number of benzene rings is 1. The predicted molar refractivity (Wildman–Crippen MR) is 87.9 cm³/mol. The topological polar surface area (TPSA) is 83.8 Å². The van der Waals surface area contributed by atoms with Gasteiger partial charge in [-0.1, -0.05) is 12.1 Å². The van der Waals surface area contributed by atoms with Crippen molar-refractivity contribution in [1.82, 2.24) is 0 Å². The Kier molecular flexibility index (Phi) is 3.05. The minimum absolute atomic E-state index is 0.0182. The van der Waals surface area contributed by atoms with Gasteiger partial charge in [0.2, 0.25) is 11.5 Å². The zero-order valence-electron chi connectivity index (χ0n) is 13.4. The van der Waals surface area contributed by atoms with Crippen molar-refractivity contribution < 1.29 is 23.5 Å². The van der Waals surface area contributed by atoms with Gasteiger partial charge < -0.3 is 9.79 Å². The van der Waals surface area contributed by atoms with Gasteiger partial charge in [0.1, 0.15) is 0 Å². The number of hydrogen-bond donors (Lipinski definition) is 2. The summed E-state index contributed by atoms with van der Waals surface area (Å²) < 4.78 is 22.6. The Hall–Kier alpha value is -1.29. The van der Waals surface area contributed by atoms with Gasteiger partial charge in [-0.3, -0.25) is 13.7 Å². The van der Waals surface area contributed by atoms with E-state index in [2.05, 4.69) is 0 Å². The summed E-state index contributed by atoms with van der Waals surface area (Å²) in [5, 5.41) is 0.0190. The summed E-state index contributed by atoms with van der Waals surface area (Å²) in [6, 6.07) is 6.61. The fourth-order valence-electron chi connectivity index (χ4n) is 5.93. The second-order valence-corrected chi connectivity index (χ2v) is 9.65. The van der Waals surface area contributed by atoms with Crippen molar-refractivity contribution in [2.24, 2.45) is 17.8 Å². The van der Waals surface area contributed by atoms with Crippen LogP contribution in [0.3, 0.4) is 0 Å². The average molecular weight is 348 g/mol. The van der Waals surface area contributed by atoms with Gasteiger partial charge in [-0.15, -0.1) is 0 Å². The lowest BCUT2D eigenvalue weighted by atomic mass is 9.49. The van der Waals surface area contributed by atoms with Crippen LogP contribution in [0.15, 0.2) is 33.4 Å². The Balaban J connectivity index is 1.59. The number of rotatable bonds is 3. The van der Waals surface area contributed by atoms with Crippen LogP contribution in [0.1, 0.15) is 44.3 Å².